The molecule has 1 atom stereocenters. The quantitative estimate of drug-likeness (QED) is 0.855. The lowest BCUT2D eigenvalue weighted by Crippen LogP contribution is -2.34. The molecule has 1 N–H and O–H groups in total. The maximum atomic E-state index is 12.8. The highest BCUT2D eigenvalue weighted by Crippen LogP contribution is 2.37. The van der Waals surface area contributed by atoms with Crippen molar-refractivity contribution in [3.8, 4) is 5.75 Å². The van der Waals surface area contributed by atoms with Gasteiger partial charge in [0.05, 0.1) is 5.56 Å². The van der Waals surface area contributed by atoms with Crippen LogP contribution < -0.4 is 10.1 Å². The standard InChI is InChI=1S/C12H12F3NO3/c1-7(11(18)16-2)19-10-4-3-8(6-17)5-9(10)12(13,14)15/h3-7H,1-2H3,(H,16,18). The predicted octanol–water partition coefficient (Wildman–Crippen LogP) is 2.03. The first-order valence-corrected chi connectivity index (χ1v) is 5.34. The van der Waals surface area contributed by atoms with E-state index in [0.717, 1.165) is 6.07 Å². The summed E-state index contributed by atoms with van der Waals surface area (Å²) in [6.45, 7) is 1.33. The number of hydrogen-bond donors (Lipinski definition) is 1. The summed E-state index contributed by atoms with van der Waals surface area (Å²) < 4.78 is 43.4. The molecule has 7 heteroatoms. The number of carbonyl (C=O) groups is 2. The Morgan fingerprint density at radius 3 is 2.53 bits per heavy atom. The van der Waals surface area contributed by atoms with Gasteiger partial charge in [0, 0.05) is 12.6 Å². The minimum atomic E-state index is -4.67. The average Bonchev–Trinajstić information content (AvgIpc) is 2.36. The van der Waals surface area contributed by atoms with Crippen molar-refractivity contribution in [1.29, 1.82) is 0 Å². The highest BCUT2D eigenvalue weighted by atomic mass is 19.4. The third-order valence-corrected chi connectivity index (χ3v) is 2.36. The highest BCUT2D eigenvalue weighted by molar-refractivity contribution is 5.80. The molecule has 0 aromatic heterocycles. The molecule has 0 aliphatic heterocycles. The molecule has 1 amide bonds. The first kappa shape index (κ1) is 15.0. The number of alkyl halides is 3. The minimum Gasteiger partial charge on any atom is -0.480 e. The molecule has 1 unspecified atom stereocenters. The molecule has 104 valence electrons. The molecule has 0 bridgehead atoms. The summed E-state index contributed by atoms with van der Waals surface area (Å²) in [6, 6.07) is 2.89. The number of halogens is 3. The monoisotopic (exact) mass is 275 g/mol. The van der Waals surface area contributed by atoms with Crippen LogP contribution >= 0.6 is 0 Å². The third kappa shape index (κ3) is 3.70. The fourth-order valence-corrected chi connectivity index (χ4v) is 1.39. The van der Waals surface area contributed by atoms with Crippen molar-refractivity contribution in [2.75, 3.05) is 7.05 Å². The molecule has 0 radical (unpaired) electrons. The van der Waals surface area contributed by atoms with E-state index in [2.05, 4.69) is 5.32 Å². The number of benzene rings is 1. The number of rotatable bonds is 4. The fourth-order valence-electron chi connectivity index (χ4n) is 1.39. The second-order valence-electron chi connectivity index (χ2n) is 3.75. The summed E-state index contributed by atoms with van der Waals surface area (Å²) in [6.07, 6.45) is -5.44. The van der Waals surface area contributed by atoms with Gasteiger partial charge < -0.3 is 10.1 Å². The Balaban J connectivity index is 3.13. The van der Waals surface area contributed by atoms with Crippen LogP contribution in [-0.2, 0) is 11.0 Å². The molecule has 1 aromatic rings. The fraction of sp³-hybridized carbons (Fsp3) is 0.333. The Bertz CT molecular complexity index is 486. The van der Waals surface area contributed by atoms with E-state index in [4.69, 9.17) is 4.74 Å². The third-order valence-electron chi connectivity index (χ3n) is 2.36. The van der Waals surface area contributed by atoms with Crippen molar-refractivity contribution in [3.63, 3.8) is 0 Å². The molecule has 0 aliphatic carbocycles. The minimum absolute atomic E-state index is 0.118. The summed E-state index contributed by atoms with van der Waals surface area (Å²) in [7, 11) is 1.35. The average molecular weight is 275 g/mol. The number of amides is 1. The van der Waals surface area contributed by atoms with Crippen LogP contribution in [0.25, 0.3) is 0 Å². The summed E-state index contributed by atoms with van der Waals surface area (Å²) in [5.41, 5.74) is -1.21. The van der Waals surface area contributed by atoms with Crippen LogP contribution in [0.5, 0.6) is 5.75 Å². The van der Waals surface area contributed by atoms with Crippen LogP contribution in [-0.4, -0.2) is 25.3 Å². The lowest BCUT2D eigenvalue weighted by atomic mass is 10.1. The molecule has 0 aliphatic rings. The number of nitrogens with one attached hydrogen (secondary N) is 1. The van der Waals surface area contributed by atoms with E-state index in [-0.39, 0.29) is 5.56 Å². The summed E-state index contributed by atoms with van der Waals surface area (Å²) in [4.78, 5) is 21.7. The van der Waals surface area contributed by atoms with Gasteiger partial charge >= 0.3 is 6.18 Å². The van der Waals surface area contributed by atoms with E-state index in [9.17, 15) is 22.8 Å². The number of likely N-dealkylation sites (N-methyl/N-ethyl adjacent to an activating group) is 1. The van der Waals surface area contributed by atoms with E-state index in [1.807, 2.05) is 0 Å². The molecule has 0 fully saturated rings. The number of ether oxygens (including phenoxy) is 1. The Kier molecular flexibility index (Phi) is 4.52. The van der Waals surface area contributed by atoms with Crippen molar-refractivity contribution in [2.45, 2.75) is 19.2 Å². The van der Waals surface area contributed by atoms with Crippen molar-refractivity contribution in [2.24, 2.45) is 0 Å². The zero-order valence-electron chi connectivity index (χ0n) is 10.2. The maximum absolute atomic E-state index is 12.8. The summed E-state index contributed by atoms with van der Waals surface area (Å²) in [5.74, 6) is -1.04. The molecule has 0 heterocycles. The van der Waals surface area contributed by atoms with Gasteiger partial charge in [-0.15, -0.1) is 0 Å². The molecular weight excluding hydrogens is 263 g/mol. The van der Waals surface area contributed by atoms with Gasteiger partial charge in [-0.1, -0.05) is 0 Å². The van der Waals surface area contributed by atoms with Gasteiger partial charge in [-0.2, -0.15) is 13.2 Å². The molecular formula is C12H12F3NO3. The molecule has 0 spiro atoms. The van der Waals surface area contributed by atoms with Crippen molar-refractivity contribution >= 4 is 12.2 Å². The first-order valence-electron chi connectivity index (χ1n) is 5.34. The zero-order valence-corrected chi connectivity index (χ0v) is 10.2. The van der Waals surface area contributed by atoms with Gasteiger partial charge in [-0.3, -0.25) is 9.59 Å². The second-order valence-corrected chi connectivity index (χ2v) is 3.75. The largest absolute Gasteiger partial charge is 0.480 e. The normalized spacial score (nSPS) is 12.7. The van der Waals surface area contributed by atoms with Crippen molar-refractivity contribution in [3.05, 3.63) is 29.3 Å². The van der Waals surface area contributed by atoms with Crippen LogP contribution in [0.4, 0.5) is 13.2 Å². The number of aldehydes is 1. The first-order chi connectivity index (χ1) is 8.79. The van der Waals surface area contributed by atoms with Gasteiger partial charge in [0.25, 0.3) is 5.91 Å². The van der Waals surface area contributed by atoms with E-state index in [1.165, 1.54) is 20.0 Å². The SMILES string of the molecule is CNC(=O)C(C)Oc1ccc(C=O)cc1C(F)(F)F. The summed E-state index contributed by atoms with van der Waals surface area (Å²) in [5, 5.41) is 2.26. The van der Waals surface area contributed by atoms with E-state index < -0.39 is 29.5 Å². The molecule has 0 saturated carbocycles. The lowest BCUT2D eigenvalue weighted by molar-refractivity contribution is -0.140. The second kappa shape index (κ2) is 5.73. The molecule has 0 saturated heterocycles. The van der Waals surface area contributed by atoms with Gasteiger partial charge in [-0.05, 0) is 25.1 Å². The topological polar surface area (TPSA) is 55.4 Å². The van der Waals surface area contributed by atoms with Gasteiger partial charge in [0.15, 0.2) is 6.10 Å². The summed E-state index contributed by atoms with van der Waals surface area (Å²) >= 11 is 0. The van der Waals surface area contributed by atoms with Crippen LogP contribution in [0, 0.1) is 0 Å². The van der Waals surface area contributed by atoms with E-state index in [1.54, 1.807) is 0 Å². The van der Waals surface area contributed by atoms with Gasteiger partial charge in [0.2, 0.25) is 0 Å². The Labute approximate surface area is 107 Å². The van der Waals surface area contributed by atoms with Gasteiger partial charge in [0.1, 0.15) is 12.0 Å². The van der Waals surface area contributed by atoms with Crippen molar-refractivity contribution < 1.29 is 27.5 Å². The predicted molar refractivity (Wildman–Crippen MR) is 61.0 cm³/mol. The highest BCUT2D eigenvalue weighted by Gasteiger charge is 2.35. The Morgan fingerprint density at radius 1 is 1.42 bits per heavy atom. The molecule has 19 heavy (non-hydrogen) atoms. The van der Waals surface area contributed by atoms with Crippen molar-refractivity contribution in [1.82, 2.24) is 5.32 Å². The molecule has 1 rings (SSSR count). The number of carbonyl (C=O) groups excluding carboxylic acids is 2. The maximum Gasteiger partial charge on any atom is 0.419 e. The van der Waals surface area contributed by atoms with E-state index in [0.29, 0.717) is 12.4 Å². The number of hydrogen-bond acceptors (Lipinski definition) is 3. The lowest BCUT2D eigenvalue weighted by Gasteiger charge is -2.18. The van der Waals surface area contributed by atoms with Gasteiger partial charge in [-0.25, -0.2) is 0 Å². The van der Waals surface area contributed by atoms with Crippen LogP contribution in [0.3, 0.4) is 0 Å². The molecule has 4 nitrogen and oxygen atoms in total. The zero-order chi connectivity index (χ0) is 14.6. The smallest absolute Gasteiger partial charge is 0.419 e. The van der Waals surface area contributed by atoms with Crippen LogP contribution in [0.1, 0.15) is 22.8 Å². The Morgan fingerprint density at radius 2 is 2.05 bits per heavy atom. The molecule has 1 aromatic carbocycles. The van der Waals surface area contributed by atoms with Crippen LogP contribution in [0.15, 0.2) is 18.2 Å². The van der Waals surface area contributed by atoms with E-state index >= 15 is 0 Å². The Hall–Kier alpha value is -2.05. The van der Waals surface area contributed by atoms with Crippen LogP contribution in [0.2, 0.25) is 0 Å².